The molecule has 0 saturated carbocycles. The van der Waals surface area contributed by atoms with Gasteiger partial charge in [-0.15, -0.1) is 0 Å². The second-order valence-electron chi connectivity index (χ2n) is 5.98. The van der Waals surface area contributed by atoms with Crippen LogP contribution in [0.5, 0.6) is 5.75 Å². The summed E-state index contributed by atoms with van der Waals surface area (Å²) in [6.07, 6.45) is 6.53. The van der Waals surface area contributed by atoms with Gasteiger partial charge in [0.05, 0.1) is 12.0 Å². The third-order valence-corrected chi connectivity index (χ3v) is 5.65. The van der Waals surface area contributed by atoms with Gasteiger partial charge < -0.3 is 4.74 Å². The molecule has 5 heteroatoms. The zero-order valence-corrected chi connectivity index (χ0v) is 16.2. The molecule has 3 nitrogen and oxygen atoms in total. The minimum atomic E-state index is 0.0377. The van der Waals surface area contributed by atoms with Crippen LogP contribution in [-0.2, 0) is 4.79 Å². The molecule has 2 rings (SSSR count). The smallest absolute Gasteiger partial charge is 0.266 e. The van der Waals surface area contributed by atoms with E-state index in [9.17, 15) is 4.79 Å². The molecule has 1 saturated heterocycles. The van der Waals surface area contributed by atoms with Crippen molar-refractivity contribution in [2.75, 3.05) is 13.7 Å². The van der Waals surface area contributed by atoms with Crippen molar-refractivity contribution in [3.05, 3.63) is 34.7 Å². The number of nitrogens with zero attached hydrogens (tertiary/aromatic N) is 1. The summed E-state index contributed by atoms with van der Waals surface area (Å²) in [6, 6.07) is 7.68. The summed E-state index contributed by atoms with van der Waals surface area (Å²) in [5.41, 5.74) is 0.981. The van der Waals surface area contributed by atoms with Crippen molar-refractivity contribution in [3.63, 3.8) is 0 Å². The molecule has 0 radical (unpaired) electrons. The van der Waals surface area contributed by atoms with Gasteiger partial charge in [0, 0.05) is 6.54 Å². The Morgan fingerprint density at radius 3 is 2.58 bits per heavy atom. The minimum Gasteiger partial charge on any atom is -0.497 e. The van der Waals surface area contributed by atoms with Crippen molar-refractivity contribution in [3.8, 4) is 5.75 Å². The average molecular weight is 364 g/mol. The van der Waals surface area contributed by atoms with Crippen LogP contribution in [0.2, 0.25) is 0 Å². The monoisotopic (exact) mass is 363 g/mol. The molecule has 1 aromatic rings. The van der Waals surface area contributed by atoms with Crippen LogP contribution in [0, 0.1) is 5.92 Å². The Labute approximate surface area is 154 Å². The second kappa shape index (κ2) is 9.23. The Hall–Kier alpha value is -1.33. The largest absolute Gasteiger partial charge is 0.497 e. The van der Waals surface area contributed by atoms with Gasteiger partial charge in [0.15, 0.2) is 0 Å². The van der Waals surface area contributed by atoms with Gasteiger partial charge in [-0.3, -0.25) is 9.69 Å². The van der Waals surface area contributed by atoms with Crippen molar-refractivity contribution < 1.29 is 9.53 Å². The molecule has 1 atom stereocenters. The molecule has 0 bridgehead atoms. The summed E-state index contributed by atoms with van der Waals surface area (Å²) in [5, 5.41) is 0. The van der Waals surface area contributed by atoms with E-state index in [2.05, 4.69) is 13.8 Å². The highest BCUT2D eigenvalue weighted by atomic mass is 32.2. The van der Waals surface area contributed by atoms with Gasteiger partial charge in [-0.25, -0.2) is 0 Å². The molecule has 0 aliphatic carbocycles. The molecule has 1 aliphatic rings. The number of unbranched alkanes of at least 4 members (excludes halogenated alkanes) is 1. The van der Waals surface area contributed by atoms with E-state index < -0.39 is 0 Å². The lowest BCUT2D eigenvalue weighted by Crippen LogP contribution is -2.33. The van der Waals surface area contributed by atoms with Crippen molar-refractivity contribution in [1.82, 2.24) is 4.90 Å². The fourth-order valence-electron chi connectivity index (χ4n) is 2.68. The Morgan fingerprint density at radius 2 is 2.00 bits per heavy atom. The maximum absolute atomic E-state index is 12.7. The Balaban J connectivity index is 2.08. The van der Waals surface area contributed by atoms with Crippen LogP contribution in [0.1, 0.15) is 45.1 Å². The van der Waals surface area contributed by atoms with E-state index in [1.807, 2.05) is 30.3 Å². The summed E-state index contributed by atoms with van der Waals surface area (Å²) in [6.45, 7) is 5.12. The van der Waals surface area contributed by atoms with Gasteiger partial charge in [-0.2, -0.15) is 0 Å². The summed E-state index contributed by atoms with van der Waals surface area (Å²) in [7, 11) is 1.64. The number of ether oxygens (including phenoxy) is 1. The van der Waals surface area contributed by atoms with Gasteiger partial charge in [-0.1, -0.05) is 69.2 Å². The van der Waals surface area contributed by atoms with E-state index in [0.717, 1.165) is 30.7 Å². The van der Waals surface area contributed by atoms with Crippen LogP contribution in [0.4, 0.5) is 0 Å². The zero-order valence-electron chi connectivity index (χ0n) is 14.6. The quantitative estimate of drug-likeness (QED) is 0.474. The molecule has 1 aliphatic heterocycles. The molecule has 0 spiro atoms. The predicted octanol–water partition coefficient (Wildman–Crippen LogP) is 5.11. The van der Waals surface area contributed by atoms with E-state index >= 15 is 0 Å². The van der Waals surface area contributed by atoms with Crippen molar-refractivity contribution >= 4 is 40.3 Å². The van der Waals surface area contributed by atoms with Crippen molar-refractivity contribution in [1.29, 1.82) is 0 Å². The van der Waals surface area contributed by atoms with Crippen LogP contribution in [0.25, 0.3) is 6.08 Å². The standard InChI is InChI=1S/C19H25NO2S2/c1-4-6-7-14(5-2)13-20-18(21)17(24-19(20)23)12-15-8-10-16(22-3)11-9-15/h8-12,14H,4-7,13H2,1-3H3/b17-12-. The number of hydrogen-bond acceptors (Lipinski definition) is 4. The number of thiocarbonyl (C=S) groups is 1. The third-order valence-electron chi connectivity index (χ3n) is 4.27. The first kappa shape index (κ1) is 19.0. The first-order valence-electron chi connectivity index (χ1n) is 8.48. The highest BCUT2D eigenvalue weighted by molar-refractivity contribution is 8.26. The Bertz CT molecular complexity index is 610. The lowest BCUT2D eigenvalue weighted by molar-refractivity contribution is -0.122. The van der Waals surface area contributed by atoms with Crippen LogP contribution < -0.4 is 4.74 Å². The van der Waals surface area contributed by atoms with Gasteiger partial charge in [-0.05, 0) is 36.1 Å². The summed E-state index contributed by atoms with van der Waals surface area (Å²) in [4.78, 5) is 15.2. The molecule has 0 aromatic heterocycles. The minimum absolute atomic E-state index is 0.0377. The molecular weight excluding hydrogens is 338 g/mol. The third kappa shape index (κ3) is 4.84. The summed E-state index contributed by atoms with van der Waals surface area (Å²) >= 11 is 6.84. The van der Waals surface area contributed by atoms with E-state index in [4.69, 9.17) is 17.0 Å². The first-order valence-corrected chi connectivity index (χ1v) is 9.70. The van der Waals surface area contributed by atoms with Gasteiger partial charge in [0.25, 0.3) is 5.91 Å². The van der Waals surface area contributed by atoms with Crippen molar-refractivity contribution in [2.45, 2.75) is 39.5 Å². The normalized spacial score (nSPS) is 17.6. The van der Waals surface area contributed by atoms with Gasteiger partial charge in [0.2, 0.25) is 0 Å². The SMILES string of the molecule is CCCCC(CC)CN1C(=O)/C(=C/c2ccc(OC)cc2)SC1=S. The highest BCUT2D eigenvalue weighted by Gasteiger charge is 2.33. The number of hydrogen-bond donors (Lipinski definition) is 0. The lowest BCUT2D eigenvalue weighted by atomic mass is 9.99. The number of carbonyl (C=O) groups excluding carboxylic acids is 1. The molecule has 1 heterocycles. The van der Waals surface area contributed by atoms with E-state index in [-0.39, 0.29) is 5.91 Å². The maximum Gasteiger partial charge on any atom is 0.266 e. The fraction of sp³-hybridized carbons (Fsp3) is 0.474. The number of methoxy groups -OCH3 is 1. The summed E-state index contributed by atoms with van der Waals surface area (Å²) < 4.78 is 5.84. The topological polar surface area (TPSA) is 29.5 Å². The molecule has 24 heavy (non-hydrogen) atoms. The number of amides is 1. The number of rotatable bonds is 8. The number of carbonyl (C=O) groups is 1. The Kier molecular flexibility index (Phi) is 7.31. The lowest BCUT2D eigenvalue weighted by Gasteiger charge is -2.21. The fourth-order valence-corrected chi connectivity index (χ4v) is 3.96. The first-order chi connectivity index (χ1) is 11.6. The van der Waals surface area contributed by atoms with Crippen LogP contribution in [-0.4, -0.2) is 28.8 Å². The molecule has 1 unspecified atom stereocenters. The van der Waals surface area contributed by atoms with Crippen LogP contribution in [0.3, 0.4) is 0 Å². The average Bonchev–Trinajstić information content (AvgIpc) is 2.86. The van der Waals surface area contributed by atoms with E-state index in [0.29, 0.717) is 15.1 Å². The molecule has 1 fully saturated rings. The maximum atomic E-state index is 12.7. The van der Waals surface area contributed by atoms with Crippen LogP contribution >= 0.6 is 24.0 Å². The Morgan fingerprint density at radius 1 is 1.29 bits per heavy atom. The molecule has 0 N–H and O–H groups in total. The molecular formula is C19H25NO2S2. The zero-order chi connectivity index (χ0) is 17.5. The molecule has 1 amide bonds. The molecule has 1 aromatic carbocycles. The predicted molar refractivity (Wildman–Crippen MR) is 106 cm³/mol. The van der Waals surface area contributed by atoms with E-state index in [1.165, 1.54) is 24.6 Å². The van der Waals surface area contributed by atoms with Crippen molar-refractivity contribution in [2.24, 2.45) is 5.92 Å². The summed E-state index contributed by atoms with van der Waals surface area (Å²) in [5.74, 6) is 1.37. The van der Waals surface area contributed by atoms with Crippen LogP contribution in [0.15, 0.2) is 29.2 Å². The van der Waals surface area contributed by atoms with Gasteiger partial charge >= 0.3 is 0 Å². The van der Waals surface area contributed by atoms with Gasteiger partial charge in [0.1, 0.15) is 10.1 Å². The van der Waals surface area contributed by atoms with E-state index in [1.54, 1.807) is 12.0 Å². The number of benzene rings is 1. The number of thioether (sulfide) groups is 1. The molecule has 130 valence electrons. The second-order valence-corrected chi connectivity index (χ2v) is 7.66. The highest BCUT2D eigenvalue weighted by Crippen LogP contribution is 2.34.